The second-order valence-corrected chi connectivity index (χ2v) is 7.27. The zero-order valence-corrected chi connectivity index (χ0v) is 14.9. The zero-order chi connectivity index (χ0) is 17.6. The number of aliphatic hydroxyl groups is 1. The van der Waals surface area contributed by atoms with Gasteiger partial charge in [-0.15, -0.1) is 0 Å². The summed E-state index contributed by atoms with van der Waals surface area (Å²) in [5.41, 5.74) is 2.28. The molecule has 1 aromatic carbocycles. The van der Waals surface area contributed by atoms with Gasteiger partial charge < -0.3 is 14.4 Å². The van der Waals surface area contributed by atoms with E-state index in [4.69, 9.17) is 4.74 Å². The SMILES string of the molecule is CC[C@@H]1CN(CCO)[C@H]2C[C@@H]1[C@H](C(=O)OC)n1c2cc2ccccc21. The van der Waals surface area contributed by atoms with Crippen molar-refractivity contribution in [1.29, 1.82) is 0 Å². The number of hydrogen-bond donors (Lipinski definition) is 1. The summed E-state index contributed by atoms with van der Waals surface area (Å²) in [6, 6.07) is 10.5. The molecular formula is C20H26N2O3. The van der Waals surface area contributed by atoms with Crippen LogP contribution in [0.4, 0.5) is 0 Å². The number of aliphatic hydroxyl groups excluding tert-OH is 1. The monoisotopic (exact) mass is 342 g/mol. The van der Waals surface area contributed by atoms with Gasteiger partial charge in [0, 0.05) is 24.3 Å². The van der Waals surface area contributed by atoms with Crippen LogP contribution in [0.2, 0.25) is 0 Å². The van der Waals surface area contributed by atoms with Gasteiger partial charge in [-0.2, -0.15) is 0 Å². The van der Waals surface area contributed by atoms with E-state index in [0.717, 1.165) is 30.3 Å². The highest BCUT2D eigenvalue weighted by Gasteiger charge is 2.48. The van der Waals surface area contributed by atoms with Gasteiger partial charge in [-0.25, -0.2) is 4.79 Å². The molecule has 4 atom stereocenters. The molecule has 0 saturated carbocycles. The number of fused-ring (bicyclic) bond motifs is 6. The minimum absolute atomic E-state index is 0.139. The number of rotatable bonds is 4. The molecule has 3 heterocycles. The first-order valence-electron chi connectivity index (χ1n) is 9.22. The fourth-order valence-corrected chi connectivity index (χ4v) is 5.02. The Balaban J connectivity index is 1.92. The lowest BCUT2D eigenvalue weighted by Gasteiger charge is -2.50. The van der Waals surface area contributed by atoms with Crippen molar-refractivity contribution in [2.45, 2.75) is 31.8 Å². The minimum atomic E-state index is -0.252. The number of piperidine rings is 1. The first kappa shape index (κ1) is 16.6. The molecule has 1 fully saturated rings. The van der Waals surface area contributed by atoms with E-state index >= 15 is 0 Å². The van der Waals surface area contributed by atoms with Gasteiger partial charge >= 0.3 is 5.97 Å². The molecule has 1 saturated heterocycles. The van der Waals surface area contributed by atoms with E-state index in [1.54, 1.807) is 0 Å². The summed E-state index contributed by atoms with van der Waals surface area (Å²) in [4.78, 5) is 15.1. The molecule has 134 valence electrons. The van der Waals surface area contributed by atoms with Crippen LogP contribution in [0, 0.1) is 11.8 Å². The number of esters is 1. The van der Waals surface area contributed by atoms with Gasteiger partial charge in [0.15, 0.2) is 0 Å². The van der Waals surface area contributed by atoms with Crippen molar-refractivity contribution in [1.82, 2.24) is 9.47 Å². The molecule has 1 aromatic heterocycles. The highest BCUT2D eigenvalue weighted by atomic mass is 16.5. The lowest BCUT2D eigenvalue weighted by Crippen LogP contribution is -2.51. The second-order valence-electron chi connectivity index (χ2n) is 7.27. The maximum absolute atomic E-state index is 12.7. The normalized spacial score (nSPS) is 28.8. The average Bonchev–Trinajstić information content (AvgIpc) is 3.03. The van der Waals surface area contributed by atoms with Gasteiger partial charge in [0.2, 0.25) is 0 Å². The average molecular weight is 342 g/mol. The van der Waals surface area contributed by atoms with Crippen LogP contribution < -0.4 is 0 Å². The van der Waals surface area contributed by atoms with Crippen LogP contribution in [0.5, 0.6) is 0 Å². The standard InChI is InChI=1S/C20H26N2O3/c1-3-13-12-21(8-9-23)17-11-15(13)19(20(24)25-2)22-16-7-5-4-6-14(16)10-18(17)22/h4-7,10,13,15,17,19,23H,3,8-9,11-12H2,1-2H3/t13-,15+,17+,19-/m1/s1. The lowest BCUT2D eigenvalue weighted by molar-refractivity contribution is -0.150. The van der Waals surface area contributed by atoms with Crippen molar-refractivity contribution in [3.05, 3.63) is 36.0 Å². The highest BCUT2D eigenvalue weighted by molar-refractivity contribution is 5.85. The Labute approximate surface area is 148 Å². The Bertz CT molecular complexity index is 784. The number of hydrogen-bond acceptors (Lipinski definition) is 4. The van der Waals surface area contributed by atoms with Crippen LogP contribution in [-0.2, 0) is 9.53 Å². The van der Waals surface area contributed by atoms with E-state index in [1.807, 2.05) is 12.1 Å². The Kier molecular flexibility index (Phi) is 4.29. The van der Waals surface area contributed by atoms with Gasteiger partial charge in [0.1, 0.15) is 6.04 Å². The maximum Gasteiger partial charge on any atom is 0.329 e. The second kappa shape index (κ2) is 6.46. The van der Waals surface area contributed by atoms with Crippen LogP contribution in [0.25, 0.3) is 10.9 Å². The zero-order valence-electron chi connectivity index (χ0n) is 14.9. The topological polar surface area (TPSA) is 54.7 Å². The van der Waals surface area contributed by atoms with Crippen LogP contribution in [0.15, 0.2) is 30.3 Å². The van der Waals surface area contributed by atoms with Crippen molar-refractivity contribution in [3.8, 4) is 0 Å². The smallest absolute Gasteiger partial charge is 0.329 e. The molecule has 5 heteroatoms. The van der Waals surface area contributed by atoms with Crippen LogP contribution >= 0.6 is 0 Å². The predicted molar refractivity (Wildman–Crippen MR) is 96.3 cm³/mol. The first-order valence-corrected chi connectivity index (χ1v) is 9.22. The van der Waals surface area contributed by atoms with Crippen molar-refractivity contribution in [2.75, 3.05) is 26.8 Å². The number of likely N-dealkylation sites (tertiary alicyclic amines) is 1. The predicted octanol–water partition coefficient (Wildman–Crippen LogP) is 2.75. The van der Waals surface area contributed by atoms with E-state index in [9.17, 15) is 9.90 Å². The summed E-state index contributed by atoms with van der Waals surface area (Å²) in [7, 11) is 1.49. The van der Waals surface area contributed by atoms with E-state index in [0.29, 0.717) is 12.5 Å². The Morgan fingerprint density at radius 1 is 1.36 bits per heavy atom. The van der Waals surface area contributed by atoms with Gasteiger partial charge in [-0.3, -0.25) is 4.90 Å². The molecule has 2 bridgehead atoms. The number of ether oxygens (including phenoxy) is 1. The largest absolute Gasteiger partial charge is 0.467 e. The molecule has 0 amide bonds. The van der Waals surface area contributed by atoms with Crippen molar-refractivity contribution in [3.63, 3.8) is 0 Å². The summed E-state index contributed by atoms with van der Waals surface area (Å²) in [6.45, 7) is 3.97. The Morgan fingerprint density at radius 3 is 2.88 bits per heavy atom. The van der Waals surface area contributed by atoms with Crippen molar-refractivity contribution >= 4 is 16.9 Å². The summed E-state index contributed by atoms with van der Waals surface area (Å²) in [6.07, 6.45) is 1.98. The molecule has 0 radical (unpaired) electrons. The molecule has 2 aromatic rings. The number of aromatic nitrogens is 1. The Hall–Kier alpha value is -1.85. The molecule has 1 N–H and O–H groups in total. The molecule has 2 aliphatic heterocycles. The number of carbonyl (C=O) groups excluding carboxylic acids is 1. The van der Waals surface area contributed by atoms with Crippen LogP contribution in [-0.4, -0.2) is 47.3 Å². The third-order valence-corrected chi connectivity index (χ3v) is 6.17. The highest BCUT2D eigenvalue weighted by Crippen LogP contribution is 2.50. The molecule has 25 heavy (non-hydrogen) atoms. The molecule has 0 aliphatic carbocycles. The first-order chi connectivity index (χ1) is 12.2. The van der Waals surface area contributed by atoms with E-state index in [-0.39, 0.29) is 30.6 Å². The number of nitrogens with zero attached hydrogens (tertiary/aromatic N) is 2. The van der Waals surface area contributed by atoms with E-state index in [1.165, 1.54) is 12.8 Å². The fraction of sp³-hybridized carbons (Fsp3) is 0.550. The molecule has 5 nitrogen and oxygen atoms in total. The van der Waals surface area contributed by atoms with Crippen LogP contribution in [0.3, 0.4) is 0 Å². The van der Waals surface area contributed by atoms with Crippen LogP contribution in [0.1, 0.15) is 37.5 Å². The molecule has 0 spiro atoms. The van der Waals surface area contributed by atoms with Gasteiger partial charge in [0.25, 0.3) is 0 Å². The summed E-state index contributed by atoms with van der Waals surface area (Å²) >= 11 is 0. The maximum atomic E-state index is 12.7. The summed E-state index contributed by atoms with van der Waals surface area (Å²) < 4.78 is 7.42. The molecular weight excluding hydrogens is 316 g/mol. The summed E-state index contributed by atoms with van der Waals surface area (Å²) in [5, 5.41) is 10.7. The summed E-state index contributed by atoms with van der Waals surface area (Å²) in [5.74, 6) is 0.571. The molecule has 0 unspecified atom stereocenters. The third-order valence-electron chi connectivity index (χ3n) is 6.17. The number of carbonyl (C=O) groups is 1. The Morgan fingerprint density at radius 2 is 2.16 bits per heavy atom. The van der Waals surface area contributed by atoms with E-state index < -0.39 is 0 Å². The van der Waals surface area contributed by atoms with Crippen molar-refractivity contribution in [2.24, 2.45) is 11.8 Å². The quantitative estimate of drug-likeness (QED) is 0.868. The molecule has 4 rings (SSSR count). The number of methoxy groups -OCH3 is 1. The minimum Gasteiger partial charge on any atom is -0.467 e. The van der Waals surface area contributed by atoms with E-state index in [2.05, 4.69) is 34.6 Å². The third kappa shape index (κ3) is 2.49. The molecule has 2 aliphatic rings. The number of benzene rings is 1. The van der Waals surface area contributed by atoms with Gasteiger partial charge in [-0.1, -0.05) is 31.5 Å². The fourth-order valence-electron chi connectivity index (χ4n) is 5.02. The number of para-hydroxylation sites is 1. The van der Waals surface area contributed by atoms with Gasteiger partial charge in [0.05, 0.1) is 19.8 Å². The van der Waals surface area contributed by atoms with Crippen molar-refractivity contribution < 1.29 is 14.6 Å². The lowest BCUT2D eigenvalue weighted by atomic mass is 9.73. The number of β-amino-alcohol motifs (C(OH)–C–C–N with tert-alkyl or cyclic N) is 1. The van der Waals surface area contributed by atoms with Gasteiger partial charge in [-0.05, 0) is 35.8 Å².